The highest BCUT2D eigenvalue weighted by atomic mass is 16.2. The van der Waals surface area contributed by atoms with Crippen LogP contribution in [-0.4, -0.2) is 24.4 Å². The maximum absolute atomic E-state index is 12.2. The predicted molar refractivity (Wildman–Crippen MR) is 89.2 cm³/mol. The Morgan fingerprint density at radius 2 is 2.00 bits per heavy atom. The topological polar surface area (TPSA) is 84.2 Å². The van der Waals surface area contributed by atoms with Crippen LogP contribution >= 0.6 is 0 Å². The van der Waals surface area contributed by atoms with E-state index in [0.29, 0.717) is 24.2 Å². The summed E-state index contributed by atoms with van der Waals surface area (Å²) in [4.78, 5) is 24.1. The van der Waals surface area contributed by atoms with Crippen LogP contribution in [0.15, 0.2) is 48.5 Å². The van der Waals surface area contributed by atoms with Crippen molar-refractivity contribution in [3.63, 3.8) is 0 Å². The molecule has 1 unspecified atom stereocenters. The fraction of sp³-hybridized carbons (Fsp3) is 0.222. The minimum Gasteiger partial charge on any atom is -0.352 e. The van der Waals surface area contributed by atoms with Gasteiger partial charge in [0.15, 0.2) is 0 Å². The number of fused-ring (bicyclic) bond motifs is 1. The Morgan fingerprint density at radius 1 is 1.22 bits per heavy atom. The first-order valence-electron chi connectivity index (χ1n) is 7.65. The zero-order valence-electron chi connectivity index (χ0n) is 12.7. The summed E-state index contributed by atoms with van der Waals surface area (Å²) in [5.74, 6) is -0.360. The SMILES string of the molecule is NC(Cc1ccccc1)C(=O)Nc1ccc2c(c1)C(=O)NCC2. The highest BCUT2D eigenvalue weighted by Gasteiger charge is 2.19. The van der Waals surface area contributed by atoms with Gasteiger partial charge in [0.05, 0.1) is 6.04 Å². The predicted octanol–water partition coefficient (Wildman–Crippen LogP) is 1.48. The zero-order valence-corrected chi connectivity index (χ0v) is 12.7. The summed E-state index contributed by atoms with van der Waals surface area (Å²) in [6, 6.07) is 14.4. The second kappa shape index (κ2) is 6.62. The van der Waals surface area contributed by atoms with Crippen molar-refractivity contribution in [3.05, 3.63) is 65.2 Å². The first-order valence-corrected chi connectivity index (χ1v) is 7.65. The van der Waals surface area contributed by atoms with Gasteiger partial charge in [-0.15, -0.1) is 0 Å². The van der Waals surface area contributed by atoms with Crippen LogP contribution in [0.1, 0.15) is 21.5 Å². The van der Waals surface area contributed by atoms with Crippen LogP contribution in [0, 0.1) is 0 Å². The Bertz CT molecular complexity index is 728. The monoisotopic (exact) mass is 309 g/mol. The molecule has 1 atom stereocenters. The van der Waals surface area contributed by atoms with Gasteiger partial charge < -0.3 is 16.4 Å². The lowest BCUT2D eigenvalue weighted by Gasteiger charge is -2.18. The van der Waals surface area contributed by atoms with E-state index >= 15 is 0 Å². The van der Waals surface area contributed by atoms with Gasteiger partial charge in [0.2, 0.25) is 5.91 Å². The molecule has 3 rings (SSSR count). The van der Waals surface area contributed by atoms with Crippen LogP contribution in [0.4, 0.5) is 5.69 Å². The van der Waals surface area contributed by atoms with Gasteiger partial charge in [0, 0.05) is 17.8 Å². The van der Waals surface area contributed by atoms with Crippen molar-refractivity contribution >= 4 is 17.5 Å². The Balaban J connectivity index is 1.68. The number of nitrogens with two attached hydrogens (primary N) is 1. The lowest BCUT2D eigenvalue weighted by Crippen LogP contribution is -2.37. The molecule has 0 saturated heterocycles. The molecule has 0 aliphatic carbocycles. The quantitative estimate of drug-likeness (QED) is 0.800. The fourth-order valence-electron chi connectivity index (χ4n) is 2.69. The van der Waals surface area contributed by atoms with E-state index in [2.05, 4.69) is 10.6 Å². The van der Waals surface area contributed by atoms with Crippen molar-refractivity contribution in [3.8, 4) is 0 Å². The normalized spacial score (nSPS) is 14.6. The second-order valence-corrected chi connectivity index (χ2v) is 5.66. The third-order valence-corrected chi connectivity index (χ3v) is 3.94. The van der Waals surface area contributed by atoms with Crippen molar-refractivity contribution < 1.29 is 9.59 Å². The first-order chi connectivity index (χ1) is 11.1. The minimum atomic E-state index is -0.637. The number of benzene rings is 2. The molecular formula is C18H19N3O2. The Kier molecular flexibility index (Phi) is 4.39. The molecule has 2 aromatic carbocycles. The third kappa shape index (κ3) is 3.57. The van der Waals surface area contributed by atoms with E-state index in [4.69, 9.17) is 5.73 Å². The van der Waals surface area contributed by atoms with Crippen LogP contribution < -0.4 is 16.4 Å². The number of amides is 2. The lowest BCUT2D eigenvalue weighted by molar-refractivity contribution is -0.117. The van der Waals surface area contributed by atoms with Crippen molar-refractivity contribution in [1.29, 1.82) is 0 Å². The van der Waals surface area contributed by atoms with Gasteiger partial charge in [-0.1, -0.05) is 36.4 Å². The van der Waals surface area contributed by atoms with Crippen LogP contribution in [-0.2, 0) is 17.6 Å². The highest BCUT2D eigenvalue weighted by molar-refractivity contribution is 6.00. The summed E-state index contributed by atoms with van der Waals surface area (Å²) in [6.45, 7) is 0.652. The molecule has 118 valence electrons. The van der Waals surface area contributed by atoms with E-state index in [9.17, 15) is 9.59 Å². The number of hydrogen-bond donors (Lipinski definition) is 3. The number of anilines is 1. The van der Waals surface area contributed by atoms with Gasteiger partial charge in [0.25, 0.3) is 5.91 Å². The molecule has 4 N–H and O–H groups in total. The molecule has 5 heteroatoms. The van der Waals surface area contributed by atoms with Gasteiger partial charge in [-0.25, -0.2) is 0 Å². The number of rotatable bonds is 4. The van der Waals surface area contributed by atoms with Crippen molar-refractivity contribution in [2.75, 3.05) is 11.9 Å². The van der Waals surface area contributed by atoms with E-state index in [0.717, 1.165) is 17.5 Å². The molecule has 2 aromatic rings. The van der Waals surface area contributed by atoms with E-state index in [1.807, 2.05) is 42.5 Å². The number of nitrogens with one attached hydrogen (secondary N) is 2. The summed E-state index contributed by atoms with van der Waals surface area (Å²) >= 11 is 0. The molecule has 0 aromatic heterocycles. The standard InChI is InChI=1S/C18H19N3O2/c19-16(10-12-4-2-1-3-5-12)18(23)21-14-7-6-13-8-9-20-17(22)15(13)11-14/h1-7,11,16H,8-10,19H2,(H,20,22)(H,21,23). The van der Waals surface area contributed by atoms with Crippen LogP contribution in [0.2, 0.25) is 0 Å². The Labute approximate surface area is 134 Å². The molecule has 5 nitrogen and oxygen atoms in total. The average Bonchev–Trinajstić information content (AvgIpc) is 2.56. The Hall–Kier alpha value is -2.66. The fourth-order valence-corrected chi connectivity index (χ4v) is 2.69. The molecule has 0 saturated carbocycles. The van der Waals surface area contributed by atoms with E-state index in [1.165, 1.54) is 0 Å². The van der Waals surface area contributed by atoms with Crippen LogP contribution in [0.25, 0.3) is 0 Å². The molecule has 2 amide bonds. The number of carbonyl (C=O) groups is 2. The lowest BCUT2D eigenvalue weighted by atomic mass is 9.99. The minimum absolute atomic E-state index is 0.101. The second-order valence-electron chi connectivity index (χ2n) is 5.66. The maximum atomic E-state index is 12.2. The van der Waals surface area contributed by atoms with Gasteiger partial charge in [-0.3, -0.25) is 9.59 Å². The van der Waals surface area contributed by atoms with Crippen LogP contribution in [0.3, 0.4) is 0 Å². The summed E-state index contributed by atoms with van der Waals surface area (Å²) < 4.78 is 0. The molecule has 1 aliphatic heterocycles. The third-order valence-electron chi connectivity index (χ3n) is 3.94. The van der Waals surface area contributed by atoms with Crippen molar-refractivity contribution in [1.82, 2.24) is 5.32 Å². The van der Waals surface area contributed by atoms with Gasteiger partial charge in [-0.05, 0) is 36.1 Å². The molecule has 0 radical (unpaired) electrons. The molecule has 0 spiro atoms. The molecule has 0 fully saturated rings. The maximum Gasteiger partial charge on any atom is 0.251 e. The molecule has 1 aliphatic rings. The Morgan fingerprint density at radius 3 is 2.78 bits per heavy atom. The largest absolute Gasteiger partial charge is 0.352 e. The van der Waals surface area contributed by atoms with Gasteiger partial charge in [-0.2, -0.15) is 0 Å². The van der Waals surface area contributed by atoms with E-state index in [-0.39, 0.29) is 11.8 Å². The molecule has 0 bridgehead atoms. The molecular weight excluding hydrogens is 290 g/mol. The van der Waals surface area contributed by atoms with Gasteiger partial charge in [0.1, 0.15) is 0 Å². The summed E-state index contributed by atoms with van der Waals surface area (Å²) in [7, 11) is 0. The zero-order chi connectivity index (χ0) is 16.2. The average molecular weight is 309 g/mol. The first kappa shape index (κ1) is 15.2. The number of carbonyl (C=O) groups excluding carboxylic acids is 2. The molecule has 23 heavy (non-hydrogen) atoms. The van der Waals surface area contributed by atoms with Crippen molar-refractivity contribution in [2.24, 2.45) is 5.73 Å². The summed E-state index contributed by atoms with van der Waals surface area (Å²) in [5, 5.41) is 5.59. The molecule has 1 heterocycles. The highest BCUT2D eigenvalue weighted by Crippen LogP contribution is 2.19. The number of hydrogen-bond acceptors (Lipinski definition) is 3. The van der Waals surface area contributed by atoms with Gasteiger partial charge >= 0.3 is 0 Å². The van der Waals surface area contributed by atoms with Crippen LogP contribution in [0.5, 0.6) is 0 Å². The van der Waals surface area contributed by atoms with E-state index < -0.39 is 6.04 Å². The van der Waals surface area contributed by atoms with E-state index in [1.54, 1.807) is 6.07 Å². The summed E-state index contributed by atoms with van der Waals surface area (Å²) in [5.41, 5.74) is 9.19. The van der Waals surface area contributed by atoms with Crippen molar-refractivity contribution in [2.45, 2.75) is 18.9 Å². The smallest absolute Gasteiger partial charge is 0.251 e. The summed E-state index contributed by atoms with van der Waals surface area (Å²) in [6.07, 6.45) is 1.28.